The molecule has 4 nitrogen and oxygen atoms in total. The molecule has 0 aliphatic carbocycles. The van der Waals surface area contributed by atoms with E-state index in [-0.39, 0.29) is 11.8 Å². The van der Waals surface area contributed by atoms with Crippen molar-refractivity contribution in [3.63, 3.8) is 0 Å². The van der Waals surface area contributed by atoms with Gasteiger partial charge >= 0.3 is 0 Å². The van der Waals surface area contributed by atoms with Gasteiger partial charge in [0.05, 0.1) is 15.7 Å². The van der Waals surface area contributed by atoms with E-state index in [0.717, 1.165) is 11.3 Å². The predicted octanol–water partition coefficient (Wildman–Crippen LogP) is 3.78. The monoisotopic (exact) mass is 325 g/mol. The SMILES string of the molecule is CC(C)c1cc(C(=O)NCc2cccc(Cl)c2Cl)n(C)n1. The molecule has 0 spiro atoms. The minimum absolute atomic E-state index is 0.187. The molecule has 2 rings (SSSR count). The lowest BCUT2D eigenvalue weighted by Crippen LogP contribution is -2.25. The number of nitrogens with zero attached hydrogens (tertiary/aromatic N) is 2. The maximum atomic E-state index is 12.2. The first-order valence-electron chi connectivity index (χ1n) is 6.65. The Bertz CT molecular complexity index is 665. The van der Waals surface area contributed by atoms with Gasteiger partial charge in [0.15, 0.2) is 0 Å². The van der Waals surface area contributed by atoms with Crippen molar-refractivity contribution in [1.29, 1.82) is 0 Å². The number of rotatable bonds is 4. The van der Waals surface area contributed by atoms with Crippen molar-refractivity contribution in [2.45, 2.75) is 26.3 Å². The van der Waals surface area contributed by atoms with Gasteiger partial charge in [0.2, 0.25) is 0 Å². The van der Waals surface area contributed by atoms with E-state index in [1.165, 1.54) is 0 Å². The first-order valence-corrected chi connectivity index (χ1v) is 7.40. The van der Waals surface area contributed by atoms with Crippen molar-refractivity contribution in [2.24, 2.45) is 7.05 Å². The minimum atomic E-state index is -0.187. The number of carbonyl (C=O) groups excluding carboxylic acids is 1. The summed E-state index contributed by atoms with van der Waals surface area (Å²) in [4.78, 5) is 12.2. The predicted molar refractivity (Wildman–Crippen MR) is 84.9 cm³/mol. The summed E-state index contributed by atoms with van der Waals surface area (Å²) in [5.74, 6) is 0.0908. The summed E-state index contributed by atoms with van der Waals surface area (Å²) in [6.45, 7) is 4.39. The van der Waals surface area contributed by atoms with Crippen molar-refractivity contribution >= 4 is 29.1 Å². The molecule has 1 heterocycles. The Labute approximate surface area is 134 Å². The molecule has 0 atom stereocenters. The van der Waals surface area contributed by atoms with Gasteiger partial charge in [-0.3, -0.25) is 9.48 Å². The zero-order valence-electron chi connectivity index (χ0n) is 12.2. The summed E-state index contributed by atoms with van der Waals surface area (Å²) in [6, 6.07) is 7.15. The Morgan fingerprint density at radius 1 is 1.38 bits per heavy atom. The Kier molecular flexibility index (Phi) is 4.91. The first kappa shape index (κ1) is 15.9. The van der Waals surface area contributed by atoms with Crippen LogP contribution in [0.1, 0.15) is 41.5 Å². The number of hydrogen-bond donors (Lipinski definition) is 1. The number of carbonyl (C=O) groups is 1. The lowest BCUT2D eigenvalue weighted by Gasteiger charge is -2.08. The summed E-state index contributed by atoms with van der Waals surface area (Å²) in [6.07, 6.45) is 0. The molecule has 21 heavy (non-hydrogen) atoms. The van der Waals surface area contributed by atoms with Gasteiger partial charge in [-0.05, 0) is 23.6 Å². The highest BCUT2D eigenvalue weighted by atomic mass is 35.5. The van der Waals surface area contributed by atoms with Crippen LogP contribution in [-0.2, 0) is 13.6 Å². The van der Waals surface area contributed by atoms with Crippen LogP contribution in [0, 0.1) is 0 Å². The molecular weight excluding hydrogens is 309 g/mol. The van der Waals surface area contributed by atoms with Crippen LogP contribution in [0.3, 0.4) is 0 Å². The molecule has 0 fully saturated rings. The van der Waals surface area contributed by atoms with Crippen molar-refractivity contribution in [1.82, 2.24) is 15.1 Å². The van der Waals surface area contributed by atoms with Crippen LogP contribution >= 0.6 is 23.2 Å². The quantitative estimate of drug-likeness (QED) is 0.929. The van der Waals surface area contributed by atoms with Crippen molar-refractivity contribution < 1.29 is 4.79 Å². The van der Waals surface area contributed by atoms with Crippen LogP contribution in [0.2, 0.25) is 10.0 Å². The van der Waals surface area contributed by atoms with Crippen molar-refractivity contribution in [2.75, 3.05) is 0 Å². The second-order valence-corrected chi connectivity index (χ2v) is 5.91. The largest absolute Gasteiger partial charge is 0.347 e. The Hall–Kier alpha value is -1.52. The molecule has 2 aromatic rings. The molecule has 1 aromatic carbocycles. The summed E-state index contributed by atoms with van der Waals surface area (Å²) in [7, 11) is 1.76. The molecule has 0 aliphatic heterocycles. The number of hydrogen-bond acceptors (Lipinski definition) is 2. The van der Waals surface area contributed by atoms with E-state index in [9.17, 15) is 4.79 Å². The number of benzene rings is 1. The Balaban J connectivity index is 2.10. The molecule has 1 aromatic heterocycles. The molecule has 0 saturated carbocycles. The normalized spacial score (nSPS) is 11.0. The lowest BCUT2D eigenvalue weighted by molar-refractivity contribution is 0.0941. The van der Waals surface area contributed by atoms with E-state index < -0.39 is 0 Å². The van der Waals surface area contributed by atoms with Crippen molar-refractivity contribution in [3.05, 3.63) is 51.3 Å². The molecule has 1 amide bonds. The van der Waals surface area contributed by atoms with Gasteiger partial charge in [-0.2, -0.15) is 5.10 Å². The summed E-state index contributed by atoms with van der Waals surface area (Å²) in [5.41, 5.74) is 2.20. The van der Waals surface area contributed by atoms with Gasteiger partial charge in [-0.1, -0.05) is 49.2 Å². The number of halogens is 2. The smallest absolute Gasteiger partial charge is 0.269 e. The summed E-state index contributed by atoms with van der Waals surface area (Å²) >= 11 is 12.0. The molecule has 6 heteroatoms. The third-order valence-electron chi connectivity index (χ3n) is 3.19. The molecule has 0 saturated heterocycles. The summed E-state index contributed by atoms with van der Waals surface area (Å²) in [5, 5.41) is 8.10. The van der Waals surface area contributed by atoms with E-state index in [1.54, 1.807) is 29.9 Å². The highest BCUT2D eigenvalue weighted by molar-refractivity contribution is 6.42. The molecule has 0 radical (unpaired) electrons. The maximum absolute atomic E-state index is 12.2. The number of aryl methyl sites for hydroxylation is 1. The summed E-state index contributed by atoms with van der Waals surface area (Å²) < 4.78 is 1.59. The maximum Gasteiger partial charge on any atom is 0.269 e. The van der Waals surface area contributed by atoms with Gasteiger partial charge in [-0.15, -0.1) is 0 Å². The van der Waals surface area contributed by atoms with E-state index in [0.29, 0.717) is 22.3 Å². The number of nitrogens with one attached hydrogen (secondary N) is 1. The highest BCUT2D eigenvalue weighted by Gasteiger charge is 2.15. The highest BCUT2D eigenvalue weighted by Crippen LogP contribution is 2.25. The van der Waals surface area contributed by atoms with E-state index in [2.05, 4.69) is 10.4 Å². The molecular formula is C15H17Cl2N3O. The first-order chi connectivity index (χ1) is 9.90. The average molecular weight is 326 g/mol. The fraction of sp³-hybridized carbons (Fsp3) is 0.333. The van der Waals surface area contributed by atoms with Gasteiger partial charge in [0.1, 0.15) is 5.69 Å². The number of amides is 1. The van der Waals surface area contributed by atoms with Crippen LogP contribution in [0.4, 0.5) is 0 Å². The fourth-order valence-electron chi connectivity index (χ4n) is 1.94. The molecule has 112 valence electrons. The third kappa shape index (κ3) is 3.57. The van der Waals surface area contributed by atoms with Gasteiger partial charge in [0, 0.05) is 13.6 Å². The van der Waals surface area contributed by atoms with Crippen LogP contribution in [0.15, 0.2) is 24.3 Å². The lowest BCUT2D eigenvalue weighted by atomic mass is 10.1. The van der Waals surface area contributed by atoms with Crippen LogP contribution < -0.4 is 5.32 Å². The zero-order valence-corrected chi connectivity index (χ0v) is 13.7. The van der Waals surface area contributed by atoms with Crippen molar-refractivity contribution in [3.8, 4) is 0 Å². The Morgan fingerprint density at radius 3 is 2.71 bits per heavy atom. The number of aromatic nitrogens is 2. The van der Waals surface area contributed by atoms with E-state index in [4.69, 9.17) is 23.2 Å². The van der Waals surface area contributed by atoms with Gasteiger partial charge < -0.3 is 5.32 Å². The molecule has 0 aliphatic rings. The minimum Gasteiger partial charge on any atom is -0.347 e. The van der Waals surface area contributed by atoms with Gasteiger partial charge in [-0.25, -0.2) is 0 Å². The molecule has 0 bridgehead atoms. The topological polar surface area (TPSA) is 46.9 Å². The average Bonchev–Trinajstić information content (AvgIpc) is 2.82. The standard InChI is InChI=1S/C15H17Cl2N3O/c1-9(2)12-7-13(20(3)19-12)15(21)18-8-10-5-4-6-11(16)14(10)17/h4-7,9H,8H2,1-3H3,(H,18,21). The van der Waals surface area contributed by atoms with Crippen LogP contribution in [-0.4, -0.2) is 15.7 Å². The molecule has 1 N–H and O–H groups in total. The van der Waals surface area contributed by atoms with Gasteiger partial charge in [0.25, 0.3) is 5.91 Å². The van der Waals surface area contributed by atoms with E-state index in [1.807, 2.05) is 19.9 Å². The zero-order chi connectivity index (χ0) is 15.6. The second kappa shape index (κ2) is 6.50. The van der Waals surface area contributed by atoms with Crippen LogP contribution in [0.25, 0.3) is 0 Å². The molecule has 0 unspecified atom stereocenters. The Morgan fingerprint density at radius 2 is 2.10 bits per heavy atom. The third-order valence-corrected chi connectivity index (χ3v) is 4.05. The van der Waals surface area contributed by atoms with Crippen LogP contribution in [0.5, 0.6) is 0 Å². The van der Waals surface area contributed by atoms with E-state index >= 15 is 0 Å². The fourth-order valence-corrected chi connectivity index (χ4v) is 2.32. The second-order valence-electron chi connectivity index (χ2n) is 5.13.